The highest BCUT2D eigenvalue weighted by atomic mass is 16.5. The van der Waals surface area contributed by atoms with Crippen molar-refractivity contribution in [2.45, 2.75) is 0 Å². The number of rotatable bonds is 6. The summed E-state index contributed by atoms with van der Waals surface area (Å²) in [4.78, 5) is 12.1. The minimum atomic E-state index is -0.264. The number of nitrogens with one attached hydrogen (secondary N) is 1. The molecule has 0 fully saturated rings. The van der Waals surface area contributed by atoms with E-state index in [0.717, 1.165) is 5.56 Å². The summed E-state index contributed by atoms with van der Waals surface area (Å²) in [5.41, 5.74) is 1.40. The lowest BCUT2D eigenvalue weighted by atomic mass is 10.2. The van der Waals surface area contributed by atoms with Crippen molar-refractivity contribution in [1.29, 1.82) is 0 Å². The molecular formula is C18H19NO4. The average Bonchev–Trinajstić information content (AvgIpc) is 2.60. The lowest BCUT2D eigenvalue weighted by Crippen LogP contribution is -2.09. The van der Waals surface area contributed by atoms with E-state index in [1.54, 1.807) is 38.5 Å². The highest BCUT2D eigenvalue weighted by Gasteiger charge is 2.07. The predicted molar refractivity (Wildman–Crippen MR) is 90.2 cm³/mol. The third-order valence-electron chi connectivity index (χ3n) is 3.22. The van der Waals surface area contributed by atoms with Crippen LogP contribution in [0.3, 0.4) is 0 Å². The lowest BCUT2D eigenvalue weighted by Gasteiger charge is -2.10. The Balaban J connectivity index is 2.12. The number of amides is 1. The zero-order valence-electron chi connectivity index (χ0n) is 13.3. The van der Waals surface area contributed by atoms with Gasteiger partial charge in [0.05, 0.1) is 27.0 Å². The largest absolute Gasteiger partial charge is 0.497 e. The van der Waals surface area contributed by atoms with E-state index < -0.39 is 0 Å². The highest BCUT2D eigenvalue weighted by Crippen LogP contribution is 2.29. The van der Waals surface area contributed by atoms with Crippen LogP contribution >= 0.6 is 0 Å². The van der Waals surface area contributed by atoms with Gasteiger partial charge in [-0.15, -0.1) is 0 Å². The van der Waals surface area contributed by atoms with E-state index in [4.69, 9.17) is 14.2 Å². The molecule has 0 bridgehead atoms. The van der Waals surface area contributed by atoms with Crippen LogP contribution in [0.2, 0.25) is 0 Å². The summed E-state index contributed by atoms with van der Waals surface area (Å²) in [6.07, 6.45) is 3.14. The number of benzene rings is 2. The van der Waals surface area contributed by atoms with Crippen molar-refractivity contribution in [1.82, 2.24) is 0 Å². The molecule has 1 N–H and O–H groups in total. The topological polar surface area (TPSA) is 56.8 Å². The average molecular weight is 313 g/mol. The number of carbonyl (C=O) groups is 1. The number of ether oxygens (including phenoxy) is 3. The quantitative estimate of drug-likeness (QED) is 0.831. The van der Waals surface area contributed by atoms with E-state index in [9.17, 15) is 4.79 Å². The monoisotopic (exact) mass is 313 g/mol. The number of methoxy groups -OCH3 is 3. The van der Waals surface area contributed by atoms with E-state index in [-0.39, 0.29) is 5.91 Å². The Morgan fingerprint density at radius 3 is 2.39 bits per heavy atom. The molecule has 0 atom stereocenters. The highest BCUT2D eigenvalue weighted by molar-refractivity contribution is 6.03. The van der Waals surface area contributed by atoms with Gasteiger partial charge in [0.2, 0.25) is 5.91 Å². The Hall–Kier alpha value is -2.95. The van der Waals surface area contributed by atoms with Gasteiger partial charge >= 0.3 is 0 Å². The molecule has 0 spiro atoms. The van der Waals surface area contributed by atoms with Crippen LogP contribution in [-0.4, -0.2) is 27.2 Å². The predicted octanol–water partition coefficient (Wildman–Crippen LogP) is 3.36. The van der Waals surface area contributed by atoms with Crippen molar-refractivity contribution in [3.05, 3.63) is 54.1 Å². The summed E-state index contributed by atoms with van der Waals surface area (Å²) in [5, 5.41) is 2.77. The number of anilines is 1. The summed E-state index contributed by atoms with van der Waals surface area (Å²) in [6, 6.07) is 12.7. The van der Waals surface area contributed by atoms with Crippen LogP contribution in [0.5, 0.6) is 17.2 Å². The van der Waals surface area contributed by atoms with Gasteiger partial charge in [-0.3, -0.25) is 4.79 Å². The van der Waals surface area contributed by atoms with E-state index in [1.807, 2.05) is 24.3 Å². The lowest BCUT2D eigenvalue weighted by molar-refractivity contribution is -0.111. The molecule has 0 aliphatic heterocycles. The van der Waals surface area contributed by atoms with Crippen LogP contribution in [0.15, 0.2) is 48.5 Å². The standard InChI is InChI=1S/C18H19NO4/c1-21-14-9-10-15(17(12-14)23-3)19-18(20)11-8-13-6-4-5-7-16(13)22-2/h4-12H,1-3H3,(H,19,20). The Morgan fingerprint density at radius 1 is 0.957 bits per heavy atom. The molecule has 0 unspecified atom stereocenters. The first-order chi connectivity index (χ1) is 11.2. The van der Waals surface area contributed by atoms with Crippen LogP contribution < -0.4 is 19.5 Å². The zero-order valence-corrected chi connectivity index (χ0v) is 13.3. The molecule has 0 saturated heterocycles. The first-order valence-electron chi connectivity index (χ1n) is 7.02. The Kier molecular flexibility index (Phi) is 5.63. The van der Waals surface area contributed by atoms with E-state index >= 15 is 0 Å². The second-order valence-corrected chi connectivity index (χ2v) is 4.63. The molecular weight excluding hydrogens is 294 g/mol. The van der Waals surface area contributed by atoms with Crippen molar-refractivity contribution in [3.8, 4) is 17.2 Å². The fourth-order valence-corrected chi connectivity index (χ4v) is 2.05. The van der Waals surface area contributed by atoms with Gasteiger partial charge in [0.25, 0.3) is 0 Å². The summed E-state index contributed by atoms with van der Waals surface area (Å²) < 4.78 is 15.6. The molecule has 5 nitrogen and oxygen atoms in total. The van der Waals surface area contributed by atoms with Crippen LogP contribution in [0.4, 0.5) is 5.69 Å². The maximum atomic E-state index is 12.1. The fourth-order valence-electron chi connectivity index (χ4n) is 2.05. The first-order valence-corrected chi connectivity index (χ1v) is 7.02. The van der Waals surface area contributed by atoms with Gasteiger partial charge < -0.3 is 19.5 Å². The zero-order chi connectivity index (χ0) is 16.7. The molecule has 0 aromatic heterocycles. The van der Waals surface area contributed by atoms with Crippen molar-refractivity contribution in [2.24, 2.45) is 0 Å². The molecule has 0 saturated carbocycles. The third-order valence-corrected chi connectivity index (χ3v) is 3.22. The van der Waals surface area contributed by atoms with Gasteiger partial charge in [-0.1, -0.05) is 18.2 Å². The molecule has 0 radical (unpaired) electrons. The molecule has 0 heterocycles. The molecule has 2 aromatic carbocycles. The normalized spacial score (nSPS) is 10.4. The van der Waals surface area contributed by atoms with Gasteiger partial charge in [0.1, 0.15) is 17.2 Å². The second-order valence-electron chi connectivity index (χ2n) is 4.63. The molecule has 5 heteroatoms. The van der Waals surface area contributed by atoms with Crippen LogP contribution in [0.25, 0.3) is 6.08 Å². The Bertz CT molecular complexity index is 710. The van der Waals surface area contributed by atoms with Gasteiger partial charge in [0, 0.05) is 17.7 Å². The van der Waals surface area contributed by atoms with Crippen LogP contribution in [0.1, 0.15) is 5.56 Å². The summed E-state index contributed by atoms with van der Waals surface area (Å²) in [6.45, 7) is 0. The fraction of sp³-hybridized carbons (Fsp3) is 0.167. The molecule has 0 aliphatic rings. The number of hydrogen-bond acceptors (Lipinski definition) is 4. The summed E-state index contributed by atoms with van der Waals surface area (Å²) in [7, 11) is 4.70. The molecule has 0 aliphatic carbocycles. The summed E-state index contributed by atoms with van der Waals surface area (Å²) >= 11 is 0. The van der Waals surface area contributed by atoms with Crippen molar-refractivity contribution in [2.75, 3.05) is 26.6 Å². The van der Waals surface area contributed by atoms with E-state index in [0.29, 0.717) is 22.9 Å². The molecule has 23 heavy (non-hydrogen) atoms. The van der Waals surface area contributed by atoms with Crippen molar-refractivity contribution >= 4 is 17.7 Å². The molecule has 2 rings (SSSR count). The number of carbonyl (C=O) groups excluding carboxylic acids is 1. The minimum absolute atomic E-state index is 0.264. The third kappa shape index (κ3) is 4.26. The Labute approximate surface area is 135 Å². The van der Waals surface area contributed by atoms with Gasteiger partial charge in [-0.2, -0.15) is 0 Å². The van der Waals surface area contributed by atoms with Crippen LogP contribution in [-0.2, 0) is 4.79 Å². The van der Waals surface area contributed by atoms with Gasteiger partial charge in [-0.25, -0.2) is 0 Å². The van der Waals surface area contributed by atoms with Crippen molar-refractivity contribution in [3.63, 3.8) is 0 Å². The van der Waals surface area contributed by atoms with Crippen molar-refractivity contribution < 1.29 is 19.0 Å². The summed E-state index contributed by atoms with van der Waals surface area (Å²) in [5.74, 6) is 1.63. The minimum Gasteiger partial charge on any atom is -0.497 e. The molecule has 120 valence electrons. The molecule has 2 aromatic rings. The van der Waals surface area contributed by atoms with Gasteiger partial charge in [0.15, 0.2) is 0 Å². The second kappa shape index (κ2) is 7.89. The van der Waals surface area contributed by atoms with E-state index in [1.165, 1.54) is 13.2 Å². The maximum absolute atomic E-state index is 12.1. The number of hydrogen-bond donors (Lipinski definition) is 1. The number of para-hydroxylation sites is 1. The smallest absolute Gasteiger partial charge is 0.248 e. The SMILES string of the molecule is COc1ccc(NC(=O)C=Cc2ccccc2OC)c(OC)c1. The van der Waals surface area contributed by atoms with E-state index in [2.05, 4.69) is 5.32 Å². The first kappa shape index (κ1) is 16.4. The Morgan fingerprint density at radius 2 is 1.70 bits per heavy atom. The molecule has 1 amide bonds. The maximum Gasteiger partial charge on any atom is 0.248 e. The van der Waals surface area contributed by atoms with Crippen LogP contribution in [0, 0.1) is 0 Å². The van der Waals surface area contributed by atoms with Gasteiger partial charge in [-0.05, 0) is 24.3 Å².